The third-order valence-electron chi connectivity index (χ3n) is 2.88. The lowest BCUT2D eigenvalue weighted by Crippen LogP contribution is -2.31. The number of carbonyl (C=O) groups excluding carboxylic acids is 1. The molecule has 0 fully saturated rings. The summed E-state index contributed by atoms with van der Waals surface area (Å²) in [5, 5.41) is 0. The Morgan fingerprint density at radius 3 is 2.27 bits per heavy atom. The predicted octanol–water partition coefficient (Wildman–Crippen LogP) is 3.07. The van der Waals surface area contributed by atoms with E-state index in [1.807, 2.05) is 18.7 Å². The highest BCUT2D eigenvalue weighted by atomic mass is 28.3. The second-order valence-electron chi connectivity index (χ2n) is 4.61. The fourth-order valence-corrected chi connectivity index (χ4v) is 2.82. The van der Waals surface area contributed by atoms with Crippen molar-refractivity contribution in [3.8, 4) is 0 Å². The van der Waals surface area contributed by atoms with Crippen molar-refractivity contribution in [2.24, 2.45) is 0 Å². The zero-order valence-electron chi connectivity index (χ0n) is 10.7. The molecule has 0 saturated carbocycles. The van der Waals surface area contributed by atoms with Crippen molar-refractivity contribution in [2.45, 2.75) is 45.8 Å². The number of carbonyl (C=O) groups is 1. The van der Waals surface area contributed by atoms with Gasteiger partial charge in [-0.05, 0) is 20.3 Å². The number of amides is 1. The van der Waals surface area contributed by atoms with Crippen LogP contribution in [0.3, 0.4) is 0 Å². The van der Waals surface area contributed by atoms with Crippen LogP contribution in [0, 0.1) is 0 Å². The van der Waals surface area contributed by atoms with Gasteiger partial charge < -0.3 is 4.90 Å². The van der Waals surface area contributed by atoms with Crippen LogP contribution in [-0.2, 0) is 4.79 Å². The summed E-state index contributed by atoms with van der Waals surface area (Å²) in [4.78, 5) is 13.6. The monoisotopic (exact) mass is 227 g/mol. The normalized spacial score (nSPS) is 11.2. The average Bonchev–Trinajstić information content (AvgIpc) is 2.19. The minimum absolute atomic E-state index is 0.300. The second kappa shape index (κ2) is 6.83. The van der Waals surface area contributed by atoms with Gasteiger partial charge in [-0.2, -0.15) is 0 Å². The second-order valence-corrected chi connectivity index (χ2v) is 9.50. The van der Waals surface area contributed by atoms with Crippen molar-refractivity contribution in [1.29, 1.82) is 0 Å². The smallest absolute Gasteiger partial charge is 0.222 e. The molecule has 1 amide bonds. The highest BCUT2D eigenvalue weighted by molar-refractivity contribution is 6.82. The molecule has 0 aliphatic rings. The zero-order chi connectivity index (χ0) is 11.9. The Kier molecular flexibility index (Phi) is 6.57. The van der Waals surface area contributed by atoms with Gasteiger partial charge in [0.25, 0.3) is 0 Å². The van der Waals surface area contributed by atoms with Crippen molar-refractivity contribution in [3.63, 3.8) is 0 Å². The largest absolute Gasteiger partial charge is 0.343 e. The molecule has 0 unspecified atom stereocenters. The van der Waals surface area contributed by atoms with Gasteiger partial charge in [0.05, 0.1) is 8.07 Å². The van der Waals surface area contributed by atoms with Crippen LogP contribution in [-0.4, -0.2) is 32.0 Å². The summed E-state index contributed by atoms with van der Waals surface area (Å²) < 4.78 is 0. The minimum atomic E-state index is -1.21. The van der Waals surface area contributed by atoms with E-state index in [1.165, 1.54) is 6.04 Å². The van der Waals surface area contributed by atoms with E-state index in [1.54, 1.807) is 0 Å². The van der Waals surface area contributed by atoms with Crippen LogP contribution in [0.5, 0.6) is 0 Å². The Hall–Kier alpha value is -0.573. The molecule has 0 aromatic heterocycles. The van der Waals surface area contributed by atoms with Crippen LogP contribution in [0.2, 0.25) is 19.1 Å². The van der Waals surface area contributed by atoms with Gasteiger partial charge in [0, 0.05) is 19.5 Å². The maximum atomic E-state index is 11.7. The summed E-state index contributed by atoms with van der Waals surface area (Å²) in [7, 11) is -1.21. The molecule has 0 atom stereocenters. The molecule has 88 valence electrons. The first kappa shape index (κ1) is 14.4. The van der Waals surface area contributed by atoms with Crippen LogP contribution < -0.4 is 0 Å². The lowest BCUT2D eigenvalue weighted by molar-refractivity contribution is -0.130. The Morgan fingerprint density at radius 1 is 1.33 bits per heavy atom. The molecule has 0 saturated heterocycles. The van der Waals surface area contributed by atoms with E-state index < -0.39 is 8.07 Å². The van der Waals surface area contributed by atoms with Gasteiger partial charge in [0.1, 0.15) is 0 Å². The van der Waals surface area contributed by atoms with Crippen molar-refractivity contribution < 1.29 is 4.79 Å². The van der Waals surface area contributed by atoms with Crippen LogP contribution in [0.1, 0.15) is 26.7 Å². The summed E-state index contributed by atoms with van der Waals surface area (Å²) in [6, 6.07) is 1.17. The van der Waals surface area contributed by atoms with Crippen LogP contribution in [0.15, 0.2) is 12.3 Å². The molecule has 2 nitrogen and oxygen atoms in total. The molecule has 0 spiro atoms. The van der Waals surface area contributed by atoms with E-state index in [0.717, 1.165) is 19.5 Å². The molecule has 15 heavy (non-hydrogen) atoms. The molecule has 0 heterocycles. The molecule has 3 heteroatoms. The summed E-state index contributed by atoms with van der Waals surface area (Å²) in [6.07, 6.45) is 1.71. The molecule has 0 rings (SSSR count). The molecule has 0 radical (unpaired) electrons. The summed E-state index contributed by atoms with van der Waals surface area (Å²) in [5.41, 5.74) is 2.11. The Labute approximate surface area is 95.4 Å². The third-order valence-corrected chi connectivity index (χ3v) is 5.63. The molecule has 0 aromatic rings. The number of hydrogen-bond donors (Lipinski definition) is 0. The van der Waals surface area contributed by atoms with Crippen molar-refractivity contribution in [1.82, 2.24) is 4.90 Å². The lowest BCUT2D eigenvalue weighted by Gasteiger charge is -2.20. The maximum Gasteiger partial charge on any atom is 0.222 e. The molecular weight excluding hydrogens is 202 g/mol. The fraction of sp³-hybridized carbons (Fsp3) is 0.750. The SMILES string of the molecule is C=C[Si](C)(C)CCCC(=O)N(CC)CC. The van der Waals surface area contributed by atoms with Crippen molar-refractivity contribution in [3.05, 3.63) is 12.3 Å². The Balaban J connectivity index is 3.86. The minimum Gasteiger partial charge on any atom is -0.343 e. The average molecular weight is 227 g/mol. The topological polar surface area (TPSA) is 20.3 Å². The summed E-state index contributed by atoms with van der Waals surface area (Å²) in [5.74, 6) is 0.300. The van der Waals surface area contributed by atoms with Gasteiger partial charge in [-0.3, -0.25) is 4.79 Å². The lowest BCUT2D eigenvalue weighted by atomic mass is 10.3. The molecule has 0 aromatic carbocycles. The number of rotatable bonds is 7. The summed E-state index contributed by atoms with van der Waals surface area (Å²) >= 11 is 0. The summed E-state index contributed by atoms with van der Waals surface area (Å²) in [6.45, 7) is 14.2. The first-order chi connectivity index (χ1) is 6.96. The van der Waals surface area contributed by atoms with E-state index in [4.69, 9.17) is 0 Å². The maximum absolute atomic E-state index is 11.7. The van der Waals surface area contributed by atoms with Gasteiger partial charge in [0.2, 0.25) is 5.91 Å². The Bertz CT molecular complexity index is 210. The third kappa shape index (κ3) is 5.77. The first-order valence-electron chi connectivity index (χ1n) is 5.88. The Morgan fingerprint density at radius 2 is 1.87 bits per heavy atom. The highest BCUT2D eigenvalue weighted by Gasteiger charge is 2.16. The van der Waals surface area contributed by atoms with Gasteiger partial charge in [-0.15, -0.1) is 12.3 Å². The van der Waals surface area contributed by atoms with Gasteiger partial charge >= 0.3 is 0 Å². The number of hydrogen-bond acceptors (Lipinski definition) is 1. The van der Waals surface area contributed by atoms with Crippen LogP contribution in [0.25, 0.3) is 0 Å². The van der Waals surface area contributed by atoms with E-state index in [9.17, 15) is 4.79 Å². The van der Waals surface area contributed by atoms with Gasteiger partial charge in [0.15, 0.2) is 0 Å². The van der Waals surface area contributed by atoms with Crippen LogP contribution >= 0.6 is 0 Å². The molecular formula is C12H25NOSi. The first-order valence-corrected chi connectivity index (χ1v) is 9.16. The van der Waals surface area contributed by atoms with E-state index >= 15 is 0 Å². The zero-order valence-corrected chi connectivity index (χ0v) is 11.7. The fourth-order valence-electron chi connectivity index (χ4n) is 1.53. The van der Waals surface area contributed by atoms with Crippen molar-refractivity contribution in [2.75, 3.05) is 13.1 Å². The molecule has 0 aliphatic carbocycles. The molecule has 0 N–H and O–H groups in total. The molecule has 0 aliphatic heterocycles. The van der Waals surface area contributed by atoms with Gasteiger partial charge in [-0.25, -0.2) is 0 Å². The molecule has 0 bridgehead atoms. The van der Waals surface area contributed by atoms with Crippen LogP contribution in [0.4, 0.5) is 0 Å². The van der Waals surface area contributed by atoms with E-state index in [2.05, 4.69) is 25.4 Å². The highest BCUT2D eigenvalue weighted by Crippen LogP contribution is 2.14. The van der Waals surface area contributed by atoms with Crippen molar-refractivity contribution >= 4 is 14.0 Å². The van der Waals surface area contributed by atoms with E-state index in [-0.39, 0.29) is 0 Å². The standard InChI is InChI=1S/C12H25NOSi/c1-6-13(7-2)12(14)10-9-11-15(4,5)8-3/h8H,3,6-7,9-11H2,1-2,4-5H3. The van der Waals surface area contributed by atoms with E-state index in [0.29, 0.717) is 12.3 Å². The number of nitrogens with zero attached hydrogens (tertiary/aromatic N) is 1. The van der Waals surface area contributed by atoms with Gasteiger partial charge in [-0.1, -0.05) is 19.1 Å². The predicted molar refractivity (Wildman–Crippen MR) is 69.6 cm³/mol. The quantitative estimate of drug-likeness (QED) is 0.612.